The van der Waals surface area contributed by atoms with Gasteiger partial charge in [0.2, 0.25) is 0 Å². The molecule has 0 aromatic carbocycles. The SMILES string of the molecule is CC(C)(C)COC(=O)[C@@H]1CC(O)=N1.CC(C)(C)COC(=O)[C@@H]1CC(O)=N1.CC(C)(C)COC(=O)[C@@H]1CC(O)=N1.CC(C)(C)COC(=O)[C@@H]1CC(O)=N1.[Rh].[Rh]. The fraction of sp³-hybridized carbons (Fsp3) is 0.778. The fourth-order valence-corrected chi connectivity index (χ4v) is 3.43. The van der Waals surface area contributed by atoms with Crippen LogP contribution in [0.4, 0.5) is 0 Å². The third kappa shape index (κ3) is 23.7. The van der Waals surface area contributed by atoms with Gasteiger partial charge < -0.3 is 39.4 Å². The van der Waals surface area contributed by atoms with Gasteiger partial charge in [0, 0.05) is 39.0 Å². The molecule has 0 unspecified atom stereocenters. The summed E-state index contributed by atoms with van der Waals surface area (Å²) < 4.78 is 20.0. The van der Waals surface area contributed by atoms with Gasteiger partial charge >= 0.3 is 23.9 Å². The molecule has 0 spiro atoms. The van der Waals surface area contributed by atoms with Gasteiger partial charge in [-0.25, -0.2) is 39.1 Å². The van der Waals surface area contributed by atoms with Crippen molar-refractivity contribution in [2.45, 2.75) is 133 Å². The van der Waals surface area contributed by atoms with Crippen LogP contribution in [0.25, 0.3) is 0 Å². The number of carbonyl (C=O) groups excluding carboxylic acids is 4. The van der Waals surface area contributed by atoms with Crippen molar-refractivity contribution in [2.75, 3.05) is 26.4 Å². The van der Waals surface area contributed by atoms with E-state index in [0.717, 1.165) is 0 Å². The van der Waals surface area contributed by atoms with Gasteiger partial charge in [0.15, 0.2) is 47.8 Å². The van der Waals surface area contributed by atoms with Crippen LogP contribution < -0.4 is 0 Å². The maximum atomic E-state index is 11.2. The minimum atomic E-state index is -0.470. The standard InChI is InChI=1S/4C9H15NO3.2Rh/c4*1-9(2,3)5-13-8(12)6-4-7(11)10-6;;/h4*6H,4-5H2,1-3H3,(H,10,11);;/t4*6-;;/m0000../s1. The van der Waals surface area contributed by atoms with E-state index in [1.54, 1.807) is 0 Å². The second kappa shape index (κ2) is 22.5. The molecule has 2 radical (unpaired) electrons. The monoisotopic (exact) mass is 946 g/mol. The van der Waals surface area contributed by atoms with Crippen LogP contribution in [-0.2, 0) is 77.1 Å². The minimum absolute atomic E-state index is 0. The Morgan fingerprint density at radius 1 is 0.426 bits per heavy atom. The van der Waals surface area contributed by atoms with E-state index in [4.69, 9.17) is 39.4 Å². The van der Waals surface area contributed by atoms with E-state index in [-0.39, 0.29) is 108 Å². The van der Waals surface area contributed by atoms with Crippen molar-refractivity contribution in [1.29, 1.82) is 0 Å². The molecule has 4 N–H and O–H groups in total. The molecule has 0 saturated heterocycles. The number of rotatable bonds is 8. The average Bonchev–Trinajstić information content (AvgIpc) is 2.93. The molecule has 4 rings (SSSR count). The topological polar surface area (TPSA) is 236 Å². The average molecular weight is 947 g/mol. The Balaban J connectivity index is 0. The summed E-state index contributed by atoms with van der Waals surface area (Å²) in [6.45, 7) is 25.4. The van der Waals surface area contributed by atoms with Gasteiger partial charge in [-0.3, -0.25) is 0 Å². The zero-order chi connectivity index (χ0) is 40.2. The zero-order valence-corrected chi connectivity index (χ0v) is 36.8. The number of aliphatic hydroxyl groups excluding tert-OH is 4. The summed E-state index contributed by atoms with van der Waals surface area (Å²) in [5.41, 5.74) is -0.0906. The molecule has 0 aromatic rings. The Morgan fingerprint density at radius 2 is 0.556 bits per heavy atom. The smallest absolute Gasteiger partial charge is 0.331 e. The van der Waals surface area contributed by atoms with Gasteiger partial charge in [-0.2, -0.15) is 0 Å². The Morgan fingerprint density at radius 3 is 0.648 bits per heavy atom. The molecule has 0 fully saturated rings. The van der Waals surface area contributed by atoms with Gasteiger partial charge in [0.05, 0.1) is 52.1 Å². The molecule has 0 aliphatic carbocycles. The van der Waals surface area contributed by atoms with Crippen molar-refractivity contribution in [3.05, 3.63) is 0 Å². The number of ether oxygens (including phenoxy) is 4. The normalized spacial score (nSPS) is 21.0. The van der Waals surface area contributed by atoms with Gasteiger partial charge in [-0.05, 0) is 21.7 Å². The predicted octanol–water partition coefficient (Wildman–Crippen LogP) is 5.21. The molecule has 18 heteroatoms. The number of aliphatic imine (C=N–C) groups is 4. The Hall–Kier alpha value is -2.99. The van der Waals surface area contributed by atoms with Crippen LogP contribution in [0.5, 0.6) is 0 Å². The molecule has 0 saturated carbocycles. The van der Waals surface area contributed by atoms with E-state index in [0.29, 0.717) is 52.1 Å². The van der Waals surface area contributed by atoms with Crippen LogP contribution >= 0.6 is 0 Å². The molecule has 16 nitrogen and oxygen atoms in total. The Labute approximate surface area is 344 Å². The first-order valence-electron chi connectivity index (χ1n) is 17.2. The first-order chi connectivity index (χ1) is 23.5. The molecule has 54 heavy (non-hydrogen) atoms. The van der Waals surface area contributed by atoms with Gasteiger partial charge in [-0.1, -0.05) is 83.1 Å². The molecule has 0 amide bonds. The van der Waals surface area contributed by atoms with E-state index in [1.807, 2.05) is 83.1 Å². The van der Waals surface area contributed by atoms with E-state index in [2.05, 4.69) is 20.0 Å². The summed E-state index contributed by atoms with van der Waals surface area (Å²) in [4.78, 5) is 59.2. The first kappa shape index (κ1) is 53.1. The second-order valence-corrected chi connectivity index (χ2v) is 17.7. The summed E-state index contributed by atoms with van der Waals surface area (Å²) in [5.74, 6) is -1.20. The Kier molecular flexibility index (Phi) is 22.2. The summed E-state index contributed by atoms with van der Waals surface area (Å²) in [6.07, 6.45) is 1.29. The maximum absolute atomic E-state index is 11.2. The second-order valence-electron chi connectivity index (χ2n) is 17.7. The van der Waals surface area contributed by atoms with Crippen LogP contribution in [0.15, 0.2) is 20.0 Å². The summed E-state index contributed by atoms with van der Waals surface area (Å²) in [6, 6.07) is -1.88. The molecule has 4 aliphatic rings. The largest absolute Gasteiger partial charge is 0.497 e. The number of hydrogen-bond donors (Lipinski definition) is 4. The van der Waals surface area contributed by atoms with E-state index >= 15 is 0 Å². The number of nitrogens with zero attached hydrogens (tertiary/aromatic N) is 4. The zero-order valence-electron chi connectivity index (χ0n) is 33.5. The number of hydrogen-bond acceptors (Lipinski definition) is 12. The van der Waals surface area contributed by atoms with Crippen molar-refractivity contribution in [1.82, 2.24) is 0 Å². The molecule has 0 aromatic heterocycles. The maximum Gasteiger partial charge on any atom is 0.331 e. The van der Waals surface area contributed by atoms with Crippen LogP contribution in [0.2, 0.25) is 0 Å². The first-order valence-corrected chi connectivity index (χ1v) is 17.2. The summed E-state index contributed by atoms with van der Waals surface area (Å²) in [7, 11) is 0. The summed E-state index contributed by atoms with van der Waals surface area (Å²) in [5, 5.41) is 35.0. The molecular weight excluding hydrogens is 886 g/mol. The van der Waals surface area contributed by atoms with Crippen LogP contribution in [0, 0.1) is 21.7 Å². The van der Waals surface area contributed by atoms with Gasteiger partial charge in [-0.15, -0.1) is 0 Å². The molecule has 0 bridgehead atoms. The van der Waals surface area contributed by atoms with Crippen molar-refractivity contribution in [3.8, 4) is 0 Å². The van der Waals surface area contributed by atoms with E-state index in [9.17, 15) is 19.2 Å². The number of esters is 4. The molecule has 4 atom stereocenters. The van der Waals surface area contributed by atoms with Gasteiger partial charge in [0.1, 0.15) is 0 Å². The van der Waals surface area contributed by atoms with Crippen LogP contribution in [0.1, 0.15) is 109 Å². The fourth-order valence-electron chi connectivity index (χ4n) is 3.43. The van der Waals surface area contributed by atoms with Crippen LogP contribution in [0.3, 0.4) is 0 Å². The molecule has 4 aliphatic heterocycles. The van der Waals surface area contributed by atoms with Crippen molar-refractivity contribution >= 4 is 47.5 Å². The number of carbonyl (C=O) groups is 4. The van der Waals surface area contributed by atoms with E-state index in [1.165, 1.54) is 0 Å². The van der Waals surface area contributed by atoms with Crippen molar-refractivity contribution in [3.63, 3.8) is 0 Å². The summed E-state index contributed by atoms with van der Waals surface area (Å²) >= 11 is 0. The van der Waals surface area contributed by atoms with Gasteiger partial charge in [0.25, 0.3) is 0 Å². The molecule has 314 valence electrons. The van der Waals surface area contributed by atoms with Crippen molar-refractivity contribution in [2.24, 2.45) is 41.6 Å². The minimum Gasteiger partial charge on any atom is -0.497 e. The Bertz CT molecular complexity index is 1180. The van der Waals surface area contributed by atoms with E-state index < -0.39 is 24.2 Å². The van der Waals surface area contributed by atoms with Crippen molar-refractivity contribution < 1.29 is 97.5 Å². The molecular formula is C36H60N4O12Rh2. The quantitative estimate of drug-likeness (QED) is 0.139. The third-order valence-electron chi connectivity index (χ3n) is 6.40. The van der Waals surface area contributed by atoms with Crippen LogP contribution in [-0.4, -0.2) is 118 Å². The predicted molar refractivity (Wildman–Crippen MR) is 196 cm³/mol. The molecule has 4 heterocycles. The third-order valence-corrected chi connectivity index (χ3v) is 6.40. The number of aliphatic hydroxyl groups is 4.